The fourth-order valence-electron chi connectivity index (χ4n) is 2.48. The van der Waals surface area contributed by atoms with Gasteiger partial charge < -0.3 is 10.4 Å². The smallest absolute Gasteiger partial charge is 0.231 e. The summed E-state index contributed by atoms with van der Waals surface area (Å²) in [5.41, 5.74) is -0.255. The molecule has 0 atom stereocenters. The summed E-state index contributed by atoms with van der Waals surface area (Å²) in [6.07, 6.45) is 0. The van der Waals surface area contributed by atoms with E-state index in [2.05, 4.69) is 10.2 Å². The van der Waals surface area contributed by atoms with Gasteiger partial charge in [-0.1, -0.05) is 18.2 Å². The maximum Gasteiger partial charge on any atom is 0.231 e. The average molecular weight is 262 g/mol. The highest BCUT2D eigenvalue weighted by Crippen LogP contribution is 2.26. The highest BCUT2D eigenvalue weighted by molar-refractivity contribution is 5.94. The summed E-state index contributed by atoms with van der Waals surface area (Å²) in [5, 5.41) is 12.6. The van der Waals surface area contributed by atoms with E-state index in [-0.39, 0.29) is 5.91 Å². The predicted octanol–water partition coefficient (Wildman–Crippen LogP) is 1.72. The molecule has 4 nitrogen and oxygen atoms in total. The summed E-state index contributed by atoms with van der Waals surface area (Å²) < 4.78 is 0. The molecule has 104 valence electrons. The molecule has 2 N–H and O–H groups in total. The second kappa shape index (κ2) is 4.94. The summed E-state index contributed by atoms with van der Waals surface area (Å²) in [6, 6.07) is 9.47. The van der Waals surface area contributed by atoms with E-state index < -0.39 is 11.0 Å². The summed E-state index contributed by atoms with van der Waals surface area (Å²) >= 11 is 0. The molecule has 1 fully saturated rings. The third kappa shape index (κ3) is 3.55. The molecule has 19 heavy (non-hydrogen) atoms. The van der Waals surface area contributed by atoms with Crippen LogP contribution < -0.4 is 5.32 Å². The topological polar surface area (TPSA) is 52.6 Å². The first kappa shape index (κ1) is 14.0. The van der Waals surface area contributed by atoms with Gasteiger partial charge in [0.2, 0.25) is 5.91 Å². The largest absolute Gasteiger partial charge is 0.388 e. The van der Waals surface area contributed by atoms with Crippen molar-refractivity contribution in [1.82, 2.24) is 4.90 Å². The number of β-amino-alcohol motifs (C(OH)–C–C–N with tert-alkyl or cyclic N) is 1. The van der Waals surface area contributed by atoms with Crippen molar-refractivity contribution in [2.45, 2.75) is 26.4 Å². The van der Waals surface area contributed by atoms with Crippen molar-refractivity contribution in [3.8, 4) is 0 Å². The fourth-order valence-corrected chi connectivity index (χ4v) is 2.48. The number of nitrogens with zero attached hydrogens (tertiary/aromatic N) is 1. The van der Waals surface area contributed by atoms with E-state index in [1.54, 1.807) is 0 Å². The summed E-state index contributed by atoms with van der Waals surface area (Å²) in [4.78, 5) is 14.4. The number of aliphatic hydroxyl groups is 1. The lowest BCUT2D eigenvalue weighted by Gasteiger charge is -2.46. The van der Waals surface area contributed by atoms with Gasteiger partial charge in [0, 0.05) is 25.3 Å². The summed E-state index contributed by atoms with van der Waals surface area (Å²) in [5.74, 6) is 0.00485. The van der Waals surface area contributed by atoms with Gasteiger partial charge in [-0.05, 0) is 32.9 Å². The van der Waals surface area contributed by atoms with Crippen molar-refractivity contribution in [2.75, 3.05) is 25.0 Å². The number of amides is 1. The molecule has 0 radical (unpaired) electrons. The Labute approximate surface area is 114 Å². The van der Waals surface area contributed by atoms with E-state index in [9.17, 15) is 9.90 Å². The van der Waals surface area contributed by atoms with Crippen LogP contribution in [0.5, 0.6) is 0 Å². The molecule has 1 aliphatic heterocycles. The van der Waals surface area contributed by atoms with Gasteiger partial charge >= 0.3 is 0 Å². The van der Waals surface area contributed by atoms with Crippen LogP contribution >= 0.6 is 0 Å². The van der Waals surface area contributed by atoms with Crippen LogP contribution in [0.3, 0.4) is 0 Å². The number of hydrogen-bond donors (Lipinski definition) is 2. The zero-order valence-electron chi connectivity index (χ0n) is 11.8. The Bertz CT molecular complexity index is 446. The zero-order chi connectivity index (χ0) is 14.1. The molecule has 0 saturated carbocycles. The Hall–Kier alpha value is -1.39. The number of likely N-dealkylation sites (tertiary alicyclic amines) is 1. The molecule has 1 aromatic carbocycles. The van der Waals surface area contributed by atoms with Crippen LogP contribution in [0.25, 0.3) is 0 Å². The van der Waals surface area contributed by atoms with E-state index in [0.717, 1.165) is 5.69 Å². The van der Waals surface area contributed by atoms with Crippen LogP contribution in [0.4, 0.5) is 5.69 Å². The van der Waals surface area contributed by atoms with Crippen LogP contribution in [-0.4, -0.2) is 41.1 Å². The van der Waals surface area contributed by atoms with Crippen molar-refractivity contribution in [1.29, 1.82) is 0 Å². The molecule has 1 amide bonds. The number of hydrogen-bond acceptors (Lipinski definition) is 3. The molecule has 0 aliphatic carbocycles. The molecule has 1 aliphatic rings. The standard InChI is InChI=1S/C15H22N2O2/c1-14(2,9-17-10-15(3,19)11-17)13(18)16-12-7-5-4-6-8-12/h4-8,19H,9-11H2,1-3H3,(H,16,18). The predicted molar refractivity (Wildman–Crippen MR) is 75.9 cm³/mol. The van der Waals surface area contributed by atoms with Crippen molar-refractivity contribution in [3.63, 3.8) is 0 Å². The van der Waals surface area contributed by atoms with Gasteiger partial charge in [0.1, 0.15) is 0 Å². The Balaban J connectivity index is 1.90. The second-order valence-electron chi connectivity index (χ2n) is 6.35. The minimum atomic E-state index is -0.591. The van der Waals surface area contributed by atoms with Crippen LogP contribution in [-0.2, 0) is 4.79 Å². The minimum Gasteiger partial charge on any atom is -0.388 e. The summed E-state index contributed by atoms with van der Waals surface area (Å²) in [6.45, 7) is 7.60. The van der Waals surface area contributed by atoms with Gasteiger partial charge in [-0.25, -0.2) is 0 Å². The normalized spacial score (nSPS) is 18.7. The fraction of sp³-hybridized carbons (Fsp3) is 0.533. The van der Waals surface area contributed by atoms with E-state index in [1.165, 1.54) is 0 Å². The van der Waals surface area contributed by atoms with E-state index in [4.69, 9.17) is 0 Å². The molecule has 0 unspecified atom stereocenters. The monoisotopic (exact) mass is 262 g/mol. The zero-order valence-corrected chi connectivity index (χ0v) is 11.8. The van der Waals surface area contributed by atoms with E-state index in [0.29, 0.717) is 19.6 Å². The van der Waals surface area contributed by atoms with Crippen molar-refractivity contribution in [2.24, 2.45) is 5.41 Å². The Morgan fingerprint density at radius 1 is 1.37 bits per heavy atom. The Morgan fingerprint density at radius 3 is 2.47 bits per heavy atom. The maximum absolute atomic E-state index is 12.3. The van der Waals surface area contributed by atoms with Gasteiger partial charge in [0.05, 0.1) is 11.0 Å². The van der Waals surface area contributed by atoms with Crippen LogP contribution in [0.15, 0.2) is 30.3 Å². The highest BCUT2D eigenvalue weighted by atomic mass is 16.3. The van der Waals surface area contributed by atoms with E-state index in [1.807, 2.05) is 51.1 Å². The first-order valence-corrected chi connectivity index (χ1v) is 6.60. The summed E-state index contributed by atoms with van der Waals surface area (Å²) in [7, 11) is 0. The highest BCUT2D eigenvalue weighted by Gasteiger charge is 2.40. The van der Waals surface area contributed by atoms with E-state index >= 15 is 0 Å². The second-order valence-corrected chi connectivity index (χ2v) is 6.35. The SMILES string of the molecule is CC1(O)CN(CC(C)(C)C(=O)Nc2ccccc2)C1. The van der Waals surface area contributed by atoms with Gasteiger partial charge in [-0.15, -0.1) is 0 Å². The van der Waals surface area contributed by atoms with Crippen molar-refractivity contribution >= 4 is 11.6 Å². The number of anilines is 1. The first-order chi connectivity index (χ1) is 8.78. The minimum absolute atomic E-state index is 0.00485. The number of nitrogens with one attached hydrogen (secondary N) is 1. The molecule has 1 saturated heterocycles. The quantitative estimate of drug-likeness (QED) is 0.868. The Kier molecular flexibility index (Phi) is 3.65. The lowest BCUT2D eigenvalue weighted by atomic mass is 9.87. The van der Waals surface area contributed by atoms with Gasteiger partial charge in [0.25, 0.3) is 0 Å². The average Bonchev–Trinajstić information content (AvgIpc) is 2.27. The van der Waals surface area contributed by atoms with Crippen LogP contribution in [0.1, 0.15) is 20.8 Å². The van der Waals surface area contributed by atoms with Crippen LogP contribution in [0, 0.1) is 5.41 Å². The number of carbonyl (C=O) groups excluding carboxylic acids is 1. The molecule has 0 spiro atoms. The third-order valence-electron chi connectivity index (χ3n) is 3.39. The maximum atomic E-state index is 12.3. The molecule has 4 heteroatoms. The lowest BCUT2D eigenvalue weighted by Crippen LogP contribution is -2.62. The Morgan fingerprint density at radius 2 is 1.95 bits per heavy atom. The molecular weight excluding hydrogens is 240 g/mol. The number of para-hydroxylation sites is 1. The first-order valence-electron chi connectivity index (χ1n) is 6.60. The molecule has 1 aromatic rings. The molecule has 0 aromatic heterocycles. The number of rotatable bonds is 4. The van der Waals surface area contributed by atoms with Gasteiger partial charge in [-0.3, -0.25) is 9.69 Å². The third-order valence-corrected chi connectivity index (χ3v) is 3.39. The number of benzene rings is 1. The molecule has 1 heterocycles. The molecule has 0 bridgehead atoms. The van der Waals surface area contributed by atoms with Crippen LogP contribution in [0.2, 0.25) is 0 Å². The van der Waals surface area contributed by atoms with Crippen molar-refractivity contribution in [3.05, 3.63) is 30.3 Å². The molecular formula is C15H22N2O2. The lowest BCUT2D eigenvalue weighted by molar-refractivity contribution is -0.131. The van der Waals surface area contributed by atoms with Gasteiger partial charge in [0.15, 0.2) is 0 Å². The molecule has 2 rings (SSSR count). The van der Waals surface area contributed by atoms with Crippen molar-refractivity contribution < 1.29 is 9.90 Å². The van der Waals surface area contributed by atoms with Gasteiger partial charge in [-0.2, -0.15) is 0 Å². The number of carbonyl (C=O) groups is 1.